The van der Waals surface area contributed by atoms with Gasteiger partial charge < -0.3 is 5.11 Å². The molecule has 0 aliphatic heterocycles. The molecule has 0 amide bonds. The number of benzene rings is 1. The maximum absolute atomic E-state index is 13.8. The summed E-state index contributed by atoms with van der Waals surface area (Å²) in [6, 6.07) is 5.65. The third-order valence-electron chi connectivity index (χ3n) is 3.27. The number of aryl methyl sites for hydroxylation is 1. The highest BCUT2D eigenvalue weighted by Gasteiger charge is 2.14. The molecule has 1 heterocycles. The lowest BCUT2D eigenvalue weighted by atomic mass is 10.1. The second-order valence-electron chi connectivity index (χ2n) is 5.28. The van der Waals surface area contributed by atoms with Crippen molar-refractivity contribution >= 4 is 11.3 Å². The highest BCUT2D eigenvalue weighted by molar-refractivity contribution is 7.10. The molecule has 0 unspecified atom stereocenters. The minimum absolute atomic E-state index is 0.342. The van der Waals surface area contributed by atoms with Gasteiger partial charge in [-0.1, -0.05) is 6.07 Å². The Morgan fingerprint density at radius 3 is 2.57 bits per heavy atom. The zero-order valence-corrected chi connectivity index (χ0v) is 13.0. The molecule has 1 aromatic heterocycles. The van der Waals surface area contributed by atoms with Crippen LogP contribution in [0.1, 0.15) is 22.9 Å². The number of hydrogen-bond donors (Lipinski definition) is 1. The van der Waals surface area contributed by atoms with E-state index < -0.39 is 17.7 Å². The van der Waals surface area contributed by atoms with Crippen LogP contribution in [0.4, 0.5) is 8.78 Å². The van der Waals surface area contributed by atoms with Gasteiger partial charge in [0.2, 0.25) is 0 Å². The Hall–Kier alpha value is -1.30. The van der Waals surface area contributed by atoms with Gasteiger partial charge in [-0.2, -0.15) is 0 Å². The van der Waals surface area contributed by atoms with Crippen molar-refractivity contribution in [2.45, 2.75) is 33.0 Å². The molecule has 1 N–H and O–H groups in total. The Balaban J connectivity index is 2.14. The van der Waals surface area contributed by atoms with Crippen LogP contribution in [0.2, 0.25) is 0 Å². The second kappa shape index (κ2) is 7.11. The molecular weight excluding hydrogens is 292 g/mol. The quantitative estimate of drug-likeness (QED) is 0.879. The minimum Gasteiger partial charge on any atom is -0.392 e. The molecule has 2 aromatic rings. The van der Waals surface area contributed by atoms with Gasteiger partial charge in [0.15, 0.2) is 0 Å². The fourth-order valence-electron chi connectivity index (χ4n) is 2.22. The van der Waals surface area contributed by atoms with E-state index in [0.717, 1.165) is 6.07 Å². The summed E-state index contributed by atoms with van der Waals surface area (Å²) in [5, 5.41) is 11.6. The molecule has 2 nitrogen and oxygen atoms in total. The Labute approximate surface area is 127 Å². The van der Waals surface area contributed by atoms with Gasteiger partial charge in [-0.05, 0) is 36.9 Å². The fraction of sp³-hybridized carbons (Fsp3) is 0.375. The van der Waals surface area contributed by atoms with Gasteiger partial charge >= 0.3 is 0 Å². The number of aliphatic hydroxyl groups is 1. The van der Waals surface area contributed by atoms with E-state index in [4.69, 9.17) is 0 Å². The molecule has 1 aromatic carbocycles. The molecule has 0 radical (unpaired) electrons. The number of rotatable bonds is 6. The summed E-state index contributed by atoms with van der Waals surface area (Å²) in [7, 11) is 0. The van der Waals surface area contributed by atoms with Gasteiger partial charge in [0.25, 0.3) is 0 Å². The van der Waals surface area contributed by atoms with Crippen molar-refractivity contribution in [2.75, 3.05) is 6.54 Å². The van der Waals surface area contributed by atoms with Gasteiger partial charge in [0, 0.05) is 36.1 Å². The molecule has 5 heteroatoms. The maximum atomic E-state index is 13.8. The SMILES string of the molecule is Cc1ccsc1CN(Cc1ccc(F)cc1F)C[C@@H](C)O. The van der Waals surface area contributed by atoms with E-state index >= 15 is 0 Å². The van der Waals surface area contributed by atoms with Crippen LogP contribution in [0.5, 0.6) is 0 Å². The number of thiophene rings is 1. The Morgan fingerprint density at radius 2 is 2.00 bits per heavy atom. The van der Waals surface area contributed by atoms with Crippen molar-refractivity contribution in [3.63, 3.8) is 0 Å². The lowest BCUT2D eigenvalue weighted by molar-refractivity contribution is 0.118. The van der Waals surface area contributed by atoms with Crippen molar-refractivity contribution in [1.82, 2.24) is 4.90 Å². The topological polar surface area (TPSA) is 23.5 Å². The third kappa shape index (κ3) is 4.59. The summed E-state index contributed by atoms with van der Waals surface area (Å²) in [6.45, 7) is 5.16. The summed E-state index contributed by atoms with van der Waals surface area (Å²) >= 11 is 1.65. The first-order valence-electron chi connectivity index (χ1n) is 6.83. The van der Waals surface area contributed by atoms with Gasteiger partial charge in [-0.25, -0.2) is 8.78 Å². The number of nitrogens with zero attached hydrogens (tertiary/aromatic N) is 1. The molecule has 2 rings (SSSR count). The van der Waals surface area contributed by atoms with Crippen molar-refractivity contribution in [2.24, 2.45) is 0 Å². The van der Waals surface area contributed by atoms with Gasteiger partial charge in [0.05, 0.1) is 6.10 Å². The van der Waals surface area contributed by atoms with Gasteiger partial charge in [-0.3, -0.25) is 4.90 Å². The molecule has 0 saturated heterocycles. The van der Waals surface area contributed by atoms with E-state index in [1.54, 1.807) is 18.3 Å². The average Bonchev–Trinajstić information content (AvgIpc) is 2.78. The van der Waals surface area contributed by atoms with Crippen LogP contribution in [-0.2, 0) is 13.1 Å². The van der Waals surface area contributed by atoms with E-state index in [-0.39, 0.29) is 0 Å². The normalized spacial score (nSPS) is 12.9. The molecule has 0 aliphatic rings. The maximum Gasteiger partial charge on any atom is 0.130 e. The fourth-order valence-corrected chi connectivity index (χ4v) is 3.17. The third-order valence-corrected chi connectivity index (χ3v) is 4.27. The Kier molecular flexibility index (Phi) is 5.45. The second-order valence-corrected chi connectivity index (χ2v) is 6.28. The molecule has 0 bridgehead atoms. The largest absolute Gasteiger partial charge is 0.392 e. The van der Waals surface area contributed by atoms with Crippen molar-refractivity contribution in [3.8, 4) is 0 Å². The molecular formula is C16H19F2NOS. The lowest BCUT2D eigenvalue weighted by Gasteiger charge is -2.24. The van der Waals surface area contributed by atoms with Crippen LogP contribution < -0.4 is 0 Å². The highest BCUT2D eigenvalue weighted by atomic mass is 32.1. The first-order valence-corrected chi connectivity index (χ1v) is 7.71. The average molecular weight is 311 g/mol. The number of hydrogen-bond acceptors (Lipinski definition) is 3. The smallest absolute Gasteiger partial charge is 0.130 e. The summed E-state index contributed by atoms with van der Waals surface area (Å²) in [5.74, 6) is -1.12. The van der Waals surface area contributed by atoms with E-state index in [0.29, 0.717) is 25.2 Å². The van der Waals surface area contributed by atoms with Gasteiger partial charge in [-0.15, -0.1) is 11.3 Å². The Morgan fingerprint density at radius 1 is 1.24 bits per heavy atom. The Bertz CT molecular complexity index is 598. The van der Waals surface area contributed by atoms with E-state index in [2.05, 4.69) is 0 Å². The standard InChI is InChI=1S/C16H19F2NOS/c1-11-5-6-21-16(11)10-19(8-12(2)20)9-13-3-4-14(17)7-15(13)18/h3-7,12,20H,8-10H2,1-2H3/t12-/m1/s1. The van der Waals surface area contributed by atoms with E-state index in [1.165, 1.54) is 22.6 Å². The van der Waals surface area contributed by atoms with Crippen molar-refractivity contribution in [3.05, 3.63) is 57.3 Å². The molecule has 114 valence electrons. The number of halogens is 2. The van der Waals surface area contributed by atoms with Crippen molar-refractivity contribution < 1.29 is 13.9 Å². The summed E-state index contributed by atoms with van der Waals surface area (Å²) < 4.78 is 26.7. The van der Waals surface area contributed by atoms with Crippen LogP contribution in [0.15, 0.2) is 29.6 Å². The summed E-state index contributed by atoms with van der Waals surface area (Å²) in [6.07, 6.45) is -0.506. The van der Waals surface area contributed by atoms with E-state index in [1.807, 2.05) is 23.3 Å². The minimum atomic E-state index is -0.576. The predicted octanol–water partition coefficient (Wildman–Crippen LogP) is 3.72. The first kappa shape index (κ1) is 16.1. The highest BCUT2D eigenvalue weighted by Crippen LogP contribution is 2.20. The molecule has 0 aliphatic carbocycles. The molecule has 21 heavy (non-hydrogen) atoms. The summed E-state index contributed by atoms with van der Waals surface area (Å²) in [4.78, 5) is 3.16. The van der Waals surface area contributed by atoms with Crippen LogP contribution in [0.25, 0.3) is 0 Å². The molecule has 0 fully saturated rings. The molecule has 0 saturated carbocycles. The van der Waals surface area contributed by atoms with Crippen LogP contribution in [0, 0.1) is 18.6 Å². The van der Waals surface area contributed by atoms with Crippen LogP contribution in [0.3, 0.4) is 0 Å². The lowest BCUT2D eigenvalue weighted by Crippen LogP contribution is -2.30. The summed E-state index contributed by atoms with van der Waals surface area (Å²) in [5.41, 5.74) is 1.63. The molecule has 0 spiro atoms. The zero-order valence-electron chi connectivity index (χ0n) is 12.1. The van der Waals surface area contributed by atoms with Crippen LogP contribution >= 0.6 is 11.3 Å². The number of aliphatic hydroxyl groups excluding tert-OH is 1. The van der Waals surface area contributed by atoms with Crippen LogP contribution in [-0.4, -0.2) is 22.7 Å². The zero-order chi connectivity index (χ0) is 15.4. The first-order chi connectivity index (χ1) is 9.95. The predicted molar refractivity (Wildman–Crippen MR) is 81.2 cm³/mol. The monoisotopic (exact) mass is 311 g/mol. The molecule has 1 atom stereocenters. The van der Waals surface area contributed by atoms with Crippen molar-refractivity contribution in [1.29, 1.82) is 0 Å². The van der Waals surface area contributed by atoms with E-state index in [9.17, 15) is 13.9 Å². The van der Waals surface area contributed by atoms with Gasteiger partial charge in [0.1, 0.15) is 11.6 Å².